The number of hydrogen-bond donors (Lipinski definition) is 1. The molecular weight excluding hydrogens is 330 g/mol. The van der Waals surface area contributed by atoms with Gasteiger partial charge in [-0.15, -0.1) is 0 Å². The zero-order valence-electron chi connectivity index (χ0n) is 13.7. The first-order valence-corrected chi connectivity index (χ1v) is 8.33. The summed E-state index contributed by atoms with van der Waals surface area (Å²) in [4.78, 5) is 16.1. The number of carbonyl (C=O) groups is 1. The predicted octanol–water partition coefficient (Wildman–Crippen LogP) is 3.22. The van der Waals surface area contributed by atoms with Crippen LogP contribution in [0.5, 0.6) is 0 Å². The van der Waals surface area contributed by atoms with Crippen molar-refractivity contribution >= 4 is 23.4 Å². The molecule has 1 fully saturated rings. The molecule has 1 N–H and O–H groups in total. The summed E-state index contributed by atoms with van der Waals surface area (Å²) in [5.41, 5.74) is 0.756. The van der Waals surface area contributed by atoms with Crippen molar-refractivity contribution in [3.8, 4) is 11.3 Å². The number of carboxylic acids is 1. The summed E-state index contributed by atoms with van der Waals surface area (Å²) in [6.07, 6.45) is 0. The van der Waals surface area contributed by atoms with E-state index in [1.165, 1.54) is 0 Å². The van der Waals surface area contributed by atoms with Gasteiger partial charge in [-0.05, 0) is 38.1 Å². The van der Waals surface area contributed by atoms with Gasteiger partial charge in [-0.3, -0.25) is 4.90 Å². The molecule has 1 aromatic heterocycles. The number of aromatic carboxylic acids is 1. The normalized spacial score (nSPS) is 15.9. The minimum atomic E-state index is -1.04. The first-order valence-electron chi connectivity index (χ1n) is 7.95. The van der Waals surface area contributed by atoms with Crippen molar-refractivity contribution in [2.24, 2.45) is 0 Å². The van der Waals surface area contributed by atoms with E-state index in [9.17, 15) is 9.90 Å². The lowest BCUT2D eigenvalue weighted by Gasteiger charge is -2.36. The number of carboxylic acid groups (broad SMARTS) is 1. The third-order valence-corrected chi connectivity index (χ3v) is 4.59. The van der Waals surface area contributed by atoms with Crippen LogP contribution in [0.4, 0.5) is 5.82 Å². The van der Waals surface area contributed by atoms with E-state index >= 15 is 0 Å². The Balaban J connectivity index is 1.90. The number of rotatable bonds is 4. The summed E-state index contributed by atoms with van der Waals surface area (Å²) in [5, 5.41) is 14.3. The van der Waals surface area contributed by atoms with E-state index in [1.54, 1.807) is 24.3 Å². The molecular formula is C17H20ClN3O3. The van der Waals surface area contributed by atoms with Crippen molar-refractivity contribution in [2.45, 2.75) is 19.9 Å². The Morgan fingerprint density at radius 3 is 2.38 bits per heavy atom. The Morgan fingerprint density at radius 2 is 1.83 bits per heavy atom. The second-order valence-electron chi connectivity index (χ2n) is 6.14. The highest BCUT2D eigenvalue weighted by Crippen LogP contribution is 2.32. The van der Waals surface area contributed by atoms with Crippen LogP contribution in [0.2, 0.25) is 5.02 Å². The maximum Gasteiger partial charge on any atom is 0.343 e. The number of nitrogens with zero attached hydrogens (tertiary/aromatic N) is 3. The van der Waals surface area contributed by atoms with Crippen molar-refractivity contribution in [1.29, 1.82) is 0 Å². The molecule has 6 nitrogen and oxygen atoms in total. The molecule has 1 aliphatic rings. The van der Waals surface area contributed by atoms with Crippen molar-refractivity contribution in [2.75, 3.05) is 31.1 Å². The minimum Gasteiger partial charge on any atom is -0.477 e. The van der Waals surface area contributed by atoms with Gasteiger partial charge in [0, 0.05) is 42.8 Å². The van der Waals surface area contributed by atoms with Gasteiger partial charge in [-0.25, -0.2) is 4.79 Å². The third kappa shape index (κ3) is 3.25. The molecule has 0 radical (unpaired) electrons. The summed E-state index contributed by atoms with van der Waals surface area (Å²) < 4.78 is 5.38. The van der Waals surface area contributed by atoms with Gasteiger partial charge in [0.2, 0.25) is 0 Å². The number of hydrogen-bond acceptors (Lipinski definition) is 5. The highest BCUT2D eigenvalue weighted by molar-refractivity contribution is 6.30. The van der Waals surface area contributed by atoms with Gasteiger partial charge in [-0.1, -0.05) is 16.8 Å². The van der Waals surface area contributed by atoms with E-state index in [-0.39, 0.29) is 11.3 Å². The van der Waals surface area contributed by atoms with Gasteiger partial charge in [0.15, 0.2) is 17.1 Å². The number of benzene rings is 1. The van der Waals surface area contributed by atoms with E-state index in [0.29, 0.717) is 22.4 Å². The summed E-state index contributed by atoms with van der Waals surface area (Å²) in [6.45, 7) is 7.52. The quantitative estimate of drug-likeness (QED) is 0.913. The maximum atomic E-state index is 11.8. The van der Waals surface area contributed by atoms with Gasteiger partial charge < -0.3 is 14.5 Å². The average Bonchev–Trinajstić information content (AvgIpc) is 3.01. The van der Waals surface area contributed by atoms with Crippen molar-refractivity contribution in [3.63, 3.8) is 0 Å². The topological polar surface area (TPSA) is 69.8 Å². The molecule has 24 heavy (non-hydrogen) atoms. The van der Waals surface area contributed by atoms with Crippen LogP contribution in [0.1, 0.15) is 24.2 Å². The van der Waals surface area contributed by atoms with Crippen molar-refractivity contribution in [1.82, 2.24) is 10.1 Å². The maximum absolute atomic E-state index is 11.8. The number of aromatic nitrogens is 1. The Labute approximate surface area is 145 Å². The van der Waals surface area contributed by atoms with Crippen LogP contribution in [0, 0.1) is 0 Å². The molecule has 7 heteroatoms. The second kappa shape index (κ2) is 6.83. The average molecular weight is 350 g/mol. The molecule has 0 amide bonds. The lowest BCUT2D eigenvalue weighted by atomic mass is 10.1. The molecule has 0 saturated carbocycles. The number of anilines is 1. The van der Waals surface area contributed by atoms with Gasteiger partial charge in [0.05, 0.1) is 0 Å². The standard InChI is InChI=1S/C17H20ClN3O3/c1-11(2)20-7-9-21(10-8-20)16-14(17(22)23)15(24-19-16)12-3-5-13(18)6-4-12/h3-6,11H,7-10H2,1-2H3,(H,22,23). The highest BCUT2D eigenvalue weighted by Gasteiger charge is 2.29. The monoisotopic (exact) mass is 349 g/mol. The fraction of sp³-hybridized carbons (Fsp3) is 0.412. The molecule has 0 atom stereocenters. The van der Waals surface area contributed by atoms with Gasteiger partial charge in [0.25, 0.3) is 0 Å². The predicted molar refractivity (Wildman–Crippen MR) is 92.8 cm³/mol. The lowest BCUT2D eigenvalue weighted by molar-refractivity contribution is 0.0697. The van der Waals surface area contributed by atoms with Crippen LogP contribution in [-0.4, -0.2) is 53.4 Å². The summed E-state index contributed by atoms with van der Waals surface area (Å²) in [7, 11) is 0. The van der Waals surface area contributed by atoms with Gasteiger partial charge >= 0.3 is 5.97 Å². The summed E-state index contributed by atoms with van der Waals surface area (Å²) in [6, 6.07) is 7.34. The molecule has 1 aliphatic heterocycles. The Morgan fingerprint density at radius 1 is 1.21 bits per heavy atom. The first kappa shape index (κ1) is 16.8. The molecule has 1 saturated heterocycles. The van der Waals surface area contributed by atoms with Crippen LogP contribution >= 0.6 is 11.6 Å². The highest BCUT2D eigenvalue weighted by atomic mass is 35.5. The number of piperazine rings is 1. The minimum absolute atomic E-state index is 0.107. The largest absolute Gasteiger partial charge is 0.477 e. The smallest absolute Gasteiger partial charge is 0.343 e. The molecule has 0 aliphatic carbocycles. The van der Waals surface area contributed by atoms with E-state index in [1.807, 2.05) is 4.90 Å². The molecule has 2 aromatic rings. The molecule has 128 valence electrons. The Kier molecular flexibility index (Phi) is 4.78. The van der Waals surface area contributed by atoms with Crippen LogP contribution in [0.3, 0.4) is 0 Å². The zero-order valence-corrected chi connectivity index (χ0v) is 14.5. The van der Waals surface area contributed by atoms with Crippen LogP contribution in [0.15, 0.2) is 28.8 Å². The van der Waals surface area contributed by atoms with E-state index in [0.717, 1.165) is 26.2 Å². The molecule has 3 rings (SSSR count). The van der Waals surface area contributed by atoms with E-state index in [2.05, 4.69) is 23.9 Å². The third-order valence-electron chi connectivity index (χ3n) is 4.34. The zero-order chi connectivity index (χ0) is 17.3. The molecule has 0 spiro atoms. The van der Waals surface area contributed by atoms with Crippen molar-refractivity contribution < 1.29 is 14.4 Å². The number of halogens is 1. The fourth-order valence-electron chi connectivity index (χ4n) is 2.94. The van der Waals surface area contributed by atoms with Crippen LogP contribution in [0.25, 0.3) is 11.3 Å². The van der Waals surface area contributed by atoms with E-state index < -0.39 is 5.97 Å². The summed E-state index contributed by atoms with van der Waals surface area (Å²) >= 11 is 5.89. The van der Waals surface area contributed by atoms with Gasteiger partial charge in [0.1, 0.15) is 0 Å². The Hall–Kier alpha value is -2.05. The van der Waals surface area contributed by atoms with Crippen LogP contribution in [-0.2, 0) is 0 Å². The molecule has 1 aromatic carbocycles. The van der Waals surface area contributed by atoms with Crippen LogP contribution < -0.4 is 4.90 Å². The second-order valence-corrected chi connectivity index (χ2v) is 6.58. The lowest BCUT2D eigenvalue weighted by Crippen LogP contribution is -2.49. The SMILES string of the molecule is CC(C)N1CCN(c2noc(-c3ccc(Cl)cc3)c2C(=O)O)CC1. The Bertz CT molecular complexity index is 719. The van der Waals surface area contributed by atoms with Gasteiger partial charge in [-0.2, -0.15) is 0 Å². The molecule has 0 bridgehead atoms. The first-order chi connectivity index (χ1) is 11.5. The summed E-state index contributed by atoms with van der Waals surface area (Å²) in [5.74, 6) is -0.376. The molecule has 2 heterocycles. The molecule has 0 unspecified atom stereocenters. The van der Waals surface area contributed by atoms with E-state index in [4.69, 9.17) is 16.1 Å². The fourth-order valence-corrected chi connectivity index (χ4v) is 3.06. The van der Waals surface area contributed by atoms with Crippen molar-refractivity contribution in [3.05, 3.63) is 34.9 Å².